The normalized spacial score (nSPS) is 13.8. The molecule has 0 N–H and O–H groups in total. The van der Waals surface area contributed by atoms with Crippen molar-refractivity contribution < 1.29 is 13.2 Å². The molecule has 20 heavy (non-hydrogen) atoms. The zero-order valence-electron chi connectivity index (χ0n) is 11.0. The molecule has 3 nitrogen and oxygen atoms in total. The number of benzene rings is 1. The van der Waals surface area contributed by atoms with E-state index in [9.17, 15) is 13.2 Å². The molecule has 104 valence electrons. The molecule has 2 aromatic rings. The lowest BCUT2D eigenvalue weighted by Crippen LogP contribution is -2.08. The highest BCUT2D eigenvalue weighted by atomic mass is 19.4. The van der Waals surface area contributed by atoms with Crippen molar-refractivity contribution in [2.45, 2.75) is 19.6 Å². The smallest absolute Gasteiger partial charge is 0.331 e. The monoisotopic (exact) mass is 279 g/mol. The van der Waals surface area contributed by atoms with E-state index in [4.69, 9.17) is 0 Å². The Bertz CT molecular complexity index is 711. The Hall–Kier alpha value is -2.11. The van der Waals surface area contributed by atoms with Gasteiger partial charge in [0.25, 0.3) is 0 Å². The molecule has 0 bridgehead atoms. The van der Waals surface area contributed by atoms with Crippen molar-refractivity contribution in [3.63, 3.8) is 0 Å². The average molecular weight is 279 g/mol. The van der Waals surface area contributed by atoms with Gasteiger partial charge in [-0.15, -0.1) is 0 Å². The molecular weight excluding hydrogens is 267 g/mol. The number of aromatic nitrogens is 2. The van der Waals surface area contributed by atoms with Crippen LogP contribution >= 0.6 is 0 Å². The highest BCUT2D eigenvalue weighted by Gasteiger charge is 2.33. The van der Waals surface area contributed by atoms with Gasteiger partial charge in [0.15, 0.2) is 0 Å². The van der Waals surface area contributed by atoms with Gasteiger partial charge in [0.1, 0.15) is 5.82 Å². The van der Waals surface area contributed by atoms with Gasteiger partial charge in [-0.1, -0.05) is 0 Å². The molecule has 1 aromatic carbocycles. The minimum absolute atomic E-state index is 0.295. The average Bonchev–Trinajstić information content (AvgIpc) is 2.96. The summed E-state index contributed by atoms with van der Waals surface area (Å²) in [5.74, 6) is 0.751. The van der Waals surface area contributed by atoms with Gasteiger partial charge >= 0.3 is 6.18 Å². The molecule has 0 fully saturated rings. The molecule has 3 rings (SSSR count). The van der Waals surface area contributed by atoms with Crippen LogP contribution in [0.4, 0.5) is 13.2 Å². The summed E-state index contributed by atoms with van der Waals surface area (Å²) in [6.45, 7) is 2.11. The summed E-state index contributed by atoms with van der Waals surface area (Å²) in [6.07, 6.45) is -1.13. The number of nitrogens with zero attached hydrogens (tertiary/aromatic N) is 3. The number of rotatable bonds is 1. The Morgan fingerprint density at radius 3 is 2.60 bits per heavy atom. The molecule has 2 heterocycles. The first kappa shape index (κ1) is 12.9. The fourth-order valence-corrected chi connectivity index (χ4v) is 2.36. The second-order valence-electron chi connectivity index (χ2n) is 4.81. The van der Waals surface area contributed by atoms with Crippen LogP contribution in [0.3, 0.4) is 0 Å². The minimum Gasteiger partial charge on any atom is -0.331 e. The summed E-state index contributed by atoms with van der Waals surface area (Å²) in [5.41, 5.74) is 1.91. The third-order valence-electron chi connectivity index (χ3n) is 3.57. The number of aryl methyl sites for hydroxylation is 1. The third-order valence-corrected chi connectivity index (χ3v) is 3.57. The number of hydrogen-bond acceptors (Lipinski definition) is 2. The Morgan fingerprint density at radius 1 is 1.25 bits per heavy atom. The third kappa shape index (κ3) is 1.92. The molecule has 0 saturated heterocycles. The van der Waals surface area contributed by atoms with Gasteiger partial charge in [0.05, 0.1) is 24.0 Å². The zero-order chi connectivity index (χ0) is 14.5. The molecule has 0 saturated carbocycles. The first-order valence-corrected chi connectivity index (χ1v) is 6.10. The topological polar surface area (TPSA) is 30.2 Å². The van der Waals surface area contributed by atoms with Gasteiger partial charge in [0, 0.05) is 24.4 Å². The van der Waals surface area contributed by atoms with Crippen molar-refractivity contribution in [1.82, 2.24) is 9.55 Å². The van der Waals surface area contributed by atoms with E-state index in [1.165, 1.54) is 12.1 Å². The molecule has 0 aliphatic carbocycles. The molecule has 0 radical (unpaired) electrons. The van der Waals surface area contributed by atoms with E-state index in [1.807, 2.05) is 6.92 Å². The van der Waals surface area contributed by atoms with Crippen LogP contribution in [0.15, 0.2) is 23.3 Å². The van der Waals surface area contributed by atoms with Crippen molar-refractivity contribution >= 4 is 6.21 Å². The first-order valence-electron chi connectivity index (χ1n) is 6.10. The van der Waals surface area contributed by atoms with E-state index in [-0.39, 0.29) is 0 Å². The van der Waals surface area contributed by atoms with Crippen molar-refractivity contribution in [3.05, 3.63) is 40.8 Å². The molecule has 0 atom stereocenters. The molecule has 0 unspecified atom stereocenters. The van der Waals surface area contributed by atoms with E-state index >= 15 is 0 Å². The summed E-state index contributed by atoms with van der Waals surface area (Å²) < 4.78 is 40.8. The Morgan fingerprint density at radius 2 is 2.00 bits per heavy atom. The second kappa shape index (κ2) is 4.19. The SMILES string of the molecule is Cc1ncc(-c2cc(C(F)(F)F)cc3c2C=NC3)n1C. The standard InChI is InChI=1S/C14H12F3N3/c1-8-19-7-13(20(8)2)11-4-10(14(15,16)17)3-9-5-18-6-12(9)11/h3-4,6-7H,5H2,1-2H3. The number of aliphatic imine (C=N–C) groups is 1. The van der Waals surface area contributed by atoms with Crippen LogP contribution in [-0.4, -0.2) is 15.8 Å². The molecule has 0 spiro atoms. The number of hydrogen-bond donors (Lipinski definition) is 0. The quantitative estimate of drug-likeness (QED) is 0.787. The maximum atomic E-state index is 13.0. The fourth-order valence-electron chi connectivity index (χ4n) is 2.36. The first-order chi connectivity index (χ1) is 9.38. The van der Waals surface area contributed by atoms with E-state index < -0.39 is 11.7 Å². The van der Waals surface area contributed by atoms with Gasteiger partial charge < -0.3 is 4.57 Å². The molecule has 0 amide bonds. The zero-order valence-corrected chi connectivity index (χ0v) is 11.0. The van der Waals surface area contributed by atoms with Gasteiger partial charge in [-0.3, -0.25) is 4.99 Å². The van der Waals surface area contributed by atoms with Crippen molar-refractivity contribution in [1.29, 1.82) is 0 Å². The lowest BCUT2D eigenvalue weighted by atomic mass is 9.97. The van der Waals surface area contributed by atoms with Gasteiger partial charge in [-0.25, -0.2) is 4.98 Å². The van der Waals surface area contributed by atoms with Crippen LogP contribution in [0.1, 0.15) is 22.5 Å². The predicted molar refractivity (Wildman–Crippen MR) is 69.7 cm³/mol. The lowest BCUT2D eigenvalue weighted by Gasteiger charge is -2.13. The van der Waals surface area contributed by atoms with E-state index in [0.29, 0.717) is 23.4 Å². The van der Waals surface area contributed by atoms with Gasteiger partial charge in [-0.05, 0) is 24.6 Å². The van der Waals surface area contributed by atoms with Crippen LogP contribution in [0, 0.1) is 6.92 Å². The Balaban J connectivity index is 2.27. The number of halogens is 3. The predicted octanol–water partition coefficient (Wildman–Crippen LogP) is 3.35. The lowest BCUT2D eigenvalue weighted by molar-refractivity contribution is -0.137. The number of fused-ring (bicyclic) bond motifs is 1. The summed E-state index contributed by atoms with van der Waals surface area (Å²) in [6, 6.07) is 2.35. The maximum absolute atomic E-state index is 13.0. The summed E-state index contributed by atoms with van der Waals surface area (Å²) >= 11 is 0. The summed E-state index contributed by atoms with van der Waals surface area (Å²) in [7, 11) is 1.79. The van der Waals surface area contributed by atoms with Crippen molar-refractivity contribution in [2.75, 3.05) is 0 Å². The highest BCUT2D eigenvalue weighted by Crippen LogP contribution is 2.37. The Kier molecular flexibility index (Phi) is 2.70. The van der Waals surface area contributed by atoms with E-state index in [1.54, 1.807) is 24.0 Å². The number of imidazole rings is 1. The maximum Gasteiger partial charge on any atom is 0.416 e. The summed E-state index contributed by atoms with van der Waals surface area (Å²) in [4.78, 5) is 8.22. The van der Waals surface area contributed by atoms with Crippen LogP contribution < -0.4 is 0 Å². The molecular formula is C14H12F3N3. The van der Waals surface area contributed by atoms with Crippen LogP contribution in [-0.2, 0) is 19.8 Å². The van der Waals surface area contributed by atoms with Gasteiger partial charge in [0.2, 0.25) is 0 Å². The number of alkyl halides is 3. The van der Waals surface area contributed by atoms with Gasteiger partial charge in [-0.2, -0.15) is 13.2 Å². The summed E-state index contributed by atoms with van der Waals surface area (Å²) in [5, 5.41) is 0. The largest absolute Gasteiger partial charge is 0.416 e. The van der Waals surface area contributed by atoms with Crippen LogP contribution in [0.2, 0.25) is 0 Å². The molecule has 1 aliphatic heterocycles. The molecule has 1 aliphatic rings. The van der Waals surface area contributed by atoms with E-state index in [0.717, 1.165) is 11.4 Å². The van der Waals surface area contributed by atoms with Crippen molar-refractivity contribution in [2.24, 2.45) is 12.0 Å². The van der Waals surface area contributed by atoms with Crippen LogP contribution in [0.25, 0.3) is 11.3 Å². The minimum atomic E-state index is -4.36. The second-order valence-corrected chi connectivity index (χ2v) is 4.81. The van der Waals surface area contributed by atoms with E-state index in [2.05, 4.69) is 9.98 Å². The Labute approximate surface area is 113 Å². The van der Waals surface area contributed by atoms with Crippen LogP contribution in [0.5, 0.6) is 0 Å². The fraction of sp³-hybridized carbons (Fsp3) is 0.286. The molecule has 6 heteroatoms. The molecule has 1 aromatic heterocycles. The highest BCUT2D eigenvalue weighted by molar-refractivity contribution is 5.93. The van der Waals surface area contributed by atoms with Crippen molar-refractivity contribution in [3.8, 4) is 11.3 Å².